The molecule has 0 saturated carbocycles. The molecule has 0 spiro atoms. The Bertz CT molecular complexity index is 763. The molecule has 0 aliphatic carbocycles. The van der Waals surface area contributed by atoms with E-state index >= 15 is 0 Å². The number of aromatic amines is 1. The highest BCUT2D eigenvalue weighted by Gasteiger charge is 2.11. The summed E-state index contributed by atoms with van der Waals surface area (Å²) in [4.78, 5) is 30.3. The second-order valence-corrected chi connectivity index (χ2v) is 4.78. The van der Waals surface area contributed by atoms with Gasteiger partial charge >= 0.3 is 0 Å². The molecule has 1 amide bonds. The molecule has 114 valence electrons. The van der Waals surface area contributed by atoms with Gasteiger partial charge in [-0.25, -0.2) is 10.4 Å². The van der Waals surface area contributed by atoms with Crippen molar-refractivity contribution in [3.8, 4) is 5.75 Å². The normalized spacial score (nSPS) is 10.8. The molecule has 2 aromatic rings. The lowest BCUT2D eigenvalue weighted by Gasteiger charge is -2.04. The topological polar surface area (TPSA) is 107 Å². The van der Waals surface area contributed by atoms with E-state index in [1.807, 2.05) is 0 Å². The number of benzene rings is 1. The predicted molar refractivity (Wildman–Crippen MR) is 81.9 cm³/mol. The first-order valence-electron chi connectivity index (χ1n) is 6.63. The number of nitrogens with zero attached hydrogens (tertiary/aromatic N) is 2. The number of carbonyl (C=O) groups is 1. The summed E-state index contributed by atoms with van der Waals surface area (Å²) in [7, 11) is 0. The van der Waals surface area contributed by atoms with E-state index in [9.17, 15) is 9.59 Å². The molecular formula is C15H16N4O3. The summed E-state index contributed by atoms with van der Waals surface area (Å²) < 4.78 is 0. The van der Waals surface area contributed by atoms with Crippen LogP contribution in [0.4, 0.5) is 0 Å². The number of amides is 1. The molecule has 7 nitrogen and oxygen atoms in total. The highest BCUT2D eigenvalue weighted by Crippen LogP contribution is 2.07. The zero-order valence-corrected chi connectivity index (χ0v) is 12.3. The molecular weight excluding hydrogens is 284 g/mol. The van der Waals surface area contributed by atoms with Crippen molar-refractivity contribution in [3.05, 3.63) is 57.3 Å². The van der Waals surface area contributed by atoms with Crippen LogP contribution >= 0.6 is 0 Å². The Hall–Kier alpha value is -2.96. The van der Waals surface area contributed by atoms with Crippen molar-refractivity contribution in [2.75, 3.05) is 0 Å². The minimum atomic E-state index is -0.408. The molecule has 0 aliphatic rings. The van der Waals surface area contributed by atoms with Crippen molar-refractivity contribution in [1.82, 2.24) is 15.4 Å². The molecule has 22 heavy (non-hydrogen) atoms. The average Bonchev–Trinajstić information content (AvgIpc) is 2.45. The van der Waals surface area contributed by atoms with Crippen molar-refractivity contribution < 1.29 is 9.90 Å². The minimum absolute atomic E-state index is 0.0959. The van der Waals surface area contributed by atoms with Crippen LogP contribution in [0.1, 0.15) is 22.6 Å². The quantitative estimate of drug-likeness (QED) is 0.573. The van der Waals surface area contributed by atoms with Gasteiger partial charge < -0.3 is 10.1 Å². The third-order valence-electron chi connectivity index (χ3n) is 2.97. The van der Waals surface area contributed by atoms with Crippen LogP contribution in [0.15, 0.2) is 34.2 Å². The summed E-state index contributed by atoms with van der Waals surface area (Å²) in [5.41, 5.74) is 3.61. The zero-order valence-electron chi connectivity index (χ0n) is 12.3. The van der Waals surface area contributed by atoms with Gasteiger partial charge in [0.15, 0.2) is 0 Å². The van der Waals surface area contributed by atoms with Crippen molar-refractivity contribution in [2.45, 2.75) is 20.3 Å². The Morgan fingerprint density at radius 2 is 2.05 bits per heavy atom. The van der Waals surface area contributed by atoms with E-state index in [0.29, 0.717) is 17.1 Å². The van der Waals surface area contributed by atoms with E-state index in [1.165, 1.54) is 18.3 Å². The molecule has 1 heterocycles. The van der Waals surface area contributed by atoms with Crippen LogP contribution in [-0.2, 0) is 11.2 Å². The second-order valence-electron chi connectivity index (χ2n) is 4.78. The highest BCUT2D eigenvalue weighted by molar-refractivity contribution is 5.83. The second kappa shape index (κ2) is 6.66. The largest absolute Gasteiger partial charge is 0.508 e. The number of carbonyl (C=O) groups excluding carboxylic acids is 1. The molecule has 0 saturated heterocycles. The van der Waals surface area contributed by atoms with Crippen molar-refractivity contribution in [2.24, 2.45) is 5.10 Å². The number of nitrogens with one attached hydrogen (secondary N) is 2. The Morgan fingerprint density at radius 3 is 2.68 bits per heavy atom. The number of aromatic nitrogens is 2. The van der Waals surface area contributed by atoms with Crippen LogP contribution < -0.4 is 11.0 Å². The standard InChI is InChI=1S/C15H16N4O3/c1-9-13(15(22)18-10(2)17-9)7-14(21)19-16-8-11-3-5-12(20)6-4-11/h3-6,8,20H,7H2,1-2H3,(H,19,21)(H,17,18,22). The average molecular weight is 300 g/mol. The van der Waals surface area contributed by atoms with Crippen molar-refractivity contribution in [3.63, 3.8) is 0 Å². The third-order valence-corrected chi connectivity index (χ3v) is 2.97. The molecule has 0 fully saturated rings. The van der Waals surface area contributed by atoms with E-state index in [2.05, 4.69) is 20.5 Å². The molecule has 7 heteroatoms. The van der Waals surface area contributed by atoms with E-state index in [4.69, 9.17) is 5.11 Å². The maximum absolute atomic E-state index is 11.8. The minimum Gasteiger partial charge on any atom is -0.508 e. The fourth-order valence-electron chi connectivity index (χ4n) is 1.90. The summed E-state index contributed by atoms with van der Waals surface area (Å²) in [6.07, 6.45) is 1.35. The zero-order chi connectivity index (χ0) is 16.1. The van der Waals surface area contributed by atoms with Crippen molar-refractivity contribution >= 4 is 12.1 Å². The van der Waals surface area contributed by atoms with Gasteiger partial charge in [0.1, 0.15) is 11.6 Å². The molecule has 0 radical (unpaired) electrons. The number of aromatic hydroxyl groups is 1. The lowest BCUT2D eigenvalue weighted by Crippen LogP contribution is -2.26. The number of hydrazone groups is 1. The van der Waals surface area contributed by atoms with E-state index < -0.39 is 5.91 Å². The maximum Gasteiger partial charge on any atom is 0.254 e. The summed E-state index contributed by atoms with van der Waals surface area (Å²) in [6.45, 7) is 3.37. The van der Waals surface area contributed by atoms with Gasteiger partial charge in [0, 0.05) is 11.3 Å². The Balaban J connectivity index is 1.99. The van der Waals surface area contributed by atoms with Crippen LogP contribution in [0.2, 0.25) is 0 Å². The van der Waals surface area contributed by atoms with Crippen LogP contribution in [0.5, 0.6) is 5.75 Å². The Morgan fingerprint density at radius 1 is 1.36 bits per heavy atom. The van der Waals surface area contributed by atoms with Crippen LogP contribution in [0, 0.1) is 13.8 Å². The van der Waals surface area contributed by atoms with Crippen LogP contribution in [-0.4, -0.2) is 27.2 Å². The van der Waals surface area contributed by atoms with Crippen LogP contribution in [0.25, 0.3) is 0 Å². The smallest absolute Gasteiger partial charge is 0.254 e. The maximum atomic E-state index is 11.8. The van der Waals surface area contributed by atoms with Crippen LogP contribution in [0.3, 0.4) is 0 Å². The molecule has 0 bridgehead atoms. The molecule has 3 N–H and O–H groups in total. The lowest BCUT2D eigenvalue weighted by atomic mass is 10.1. The molecule has 1 aromatic heterocycles. The molecule has 2 rings (SSSR count). The molecule has 1 aromatic carbocycles. The number of hydrogen-bond acceptors (Lipinski definition) is 5. The number of hydrogen-bond donors (Lipinski definition) is 3. The number of H-pyrrole nitrogens is 1. The van der Waals surface area contributed by atoms with Gasteiger partial charge in [-0.2, -0.15) is 5.10 Å². The first kappa shape index (κ1) is 15.4. The lowest BCUT2D eigenvalue weighted by molar-refractivity contribution is -0.120. The van der Waals surface area contributed by atoms with E-state index in [1.54, 1.807) is 26.0 Å². The molecule has 0 atom stereocenters. The Kier molecular flexibility index (Phi) is 4.67. The molecule has 0 unspecified atom stereocenters. The number of aryl methyl sites for hydroxylation is 2. The highest BCUT2D eigenvalue weighted by atomic mass is 16.3. The van der Waals surface area contributed by atoms with Gasteiger partial charge in [0.25, 0.3) is 5.56 Å². The van der Waals surface area contributed by atoms with Gasteiger partial charge in [-0.3, -0.25) is 9.59 Å². The van der Waals surface area contributed by atoms with Gasteiger partial charge in [0.2, 0.25) is 5.91 Å². The summed E-state index contributed by atoms with van der Waals surface area (Å²) in [6, 6.07) is 6.35. The van der Waals surface area contributed by atoms with E-state index in [0.717, 1.165) is 5.56 Å². The van der Waals surface area contributed by atoms with Gasteiger partial charge in [-0.05, 0) is 43.7 Å². The first-order chi connectivity index (χ1) is 10.5. The number of phenols is 1. The number of rotatable bonds is 4. The summed E-state index contributed by atoms with van der Waals surface area (Å²) in [5, 5.41) is 13.0. The fraction of sp³-hybridized carbons (Fsp3) is 0.200. The summed E-state index contributed by atoms with van der Waals surface area (Å²) >= 11 is 0. The van der Waals surface area contributed by atoms with Crippen molar-refractivity contribution in [1.29, 1.82) is 0 Å². The van der Waals surface area contributed by atoms with Gasteiger partial charge in [0.05, 0.1) is 12.6 Å². The molecule has 0 aliphatic heterocycles. The number of phenolic OH excluding ortho intramolecular Hbond substituents is 1. The SMILES string of the molecule is Cc1nc(C)c(CC(=O)NN=Cc2ccc(O)cc2)c(=O)[nH]1. The monoisotopic (exact) mass is 300 g/mol. The van der Waals surface area contributed by atoms with E-state index in [-0.39, 0.29) is 17.7 Å². The fourth-order valence-corrected chi connectivity index (χ4v) is 1.90. The predicted octanol–water partition coefficient (Wildman–Crippen LogP) is 0.785. The third kappa shape index (κ3) is 4.02. The first-order valence-corrected chi connectivity index (χ1v) is 6.63. The summed E-state index contributed by atoms with van der Waals surface area (Å²) in [5.74, 6) is 0.258. The van der Waals surface area contributed by atoms with Gasteiger partial charge in [-0.15, -0.1) is 0 Å². The van der Waals surface area contributed by atoms with Gasteiger partial charge in [-0.1, -0.05) is 0 Å². The Labute approximate surface area is 126 Å².